The fourth-order valence-electron chi connectivity index (χ4n) is 2.34. The number of halogens is 1. The smallest absolute Gasteiger partial charge is 0.102 e. The van der Waals surface area contributed by atoms with Gasteiger partial charge in [-0.3, -0.25) is 4.68 Å². The van der Waals surface area contributed by atoms with Crippen molar-refractivity contribution < 1.29 is 9.47 Å². The van der Waals surface area contributed by atoms with Crippen LogP contribution >= 0.6 is 11.6 Å². The molecular formula is C13H22ClN3O2. The van der Waals surface area contributed by atoms with E-state index in [1.165, 1.54) is 0 Å². The van der Waals surface area contributed by atoms with Crippen LogP contribution in [0.4, 0.5) is 0 Å². The number of rotatable bonds is 6. The van der Waals surface area contributed by atoms with Crippen molar-refractivity contribution >= 4 is 11.6 Å². The molecule has 1 fully saturated rings. The monoisotopic (exact) mass is 287 g/mol. The van der Waals surface area contributed by atoms with Crippen LogP contribution in [-0.4, -0.2) is 42.2 Å². The van der Waals surface area contributed by atoms with Gasteiger partial charge in [0.25, 0.3) is 0 Å². The molecule has 1 aliphatic rings. The Hall–Kier alpha value is -0.620. The van der Waals surface area contributed by atoms with Crippen LogP contribution in [0.1, 0.15) is 32.0 Å². The van der Waals surface area contributed by atoms with E-state index >= 15 is 0 Å². The Morgan fingerprint density at radius 2 is 2.37 bits per heavy atom. The summed E-state index contributed by atoms with van der Waals surface area (Å²) >= 11 is 6.30. The summed E-state index contributed by atoms with van der Waals surface area (Å²) in [5, 5.41) is 8.50. The minimum Gasteiger partial charge on any atom is -0.376 e. The summed E-state index contributed by atoms with van der Waals surface area (Å²) in [5.74, 6) is 0. The molecule has 0 aliphatic carbocycles. The molecule has 2 unspecified atom stereocenters. The maximum absolute atomic E-state index is 6.30. The Kier molecular flexibility index (Phi) is 5.63. The second-order valence-corrected chi connectivity index (χ2v) is 5.02. The minimum absolute atomic E-state index is 0.0141. The molecular weight excluding hydrogens is 266 g/mol. The van der Waals surface area contributed by atoms with Gasteiger partial charge in [0, 0.05) is 6.54 Å². The van der Waals surface area contributed by atoms with Crippen LogP contribution in [0.2, 0.25) is 5.02 Å². The van der Waals surface area contributed by atoms with E-state index in [1.54, 1.807) is 6.20 Å². The van der Waals surface area contributed by atoms with Crippen LogP contribution in [0.15, 0.2) is 6.20 Å². The molecule has 1 saturated heterocycles. The summed E-state index contributed by atoms with van der Waals surface area (Å²) in [7, 11) is 0. The molecule has 2 heterocycles. The standard InChI is InChI=1S/C13H22ClN3O2/c1-3-5-15-12(11-9-18-6-7-19-11)13-10(14)8-16-17(13)4-2/h8,11-12,15H,3-7,9H2,1-2H3. The summed E-state index contributed by atoms with van der Waals surface area (Å²) in [6, 6.07) is 0.0233. The predicted molar refractivity (Wildman–Crippen MR) is 74.5 cm³/mol. The van der Waals surface area contributed by atoms with Crippen molar-refractivity contribution in [3.63, 3.8) is 0 Å². The van der Waals surface area contributed by atoms with Gasteiger partial charge in [0.15, 0.2) is 0 Å². The summed E-state index contributed by atoms with van der Waals surface area (Å²) in [6.07, 6.45) is 2.74. The second kappa shape index (κ2) is 7.24. The number of ether oxygens (including phenoxy) is 2. The predicted octanol–water partition coefficient (Wildman–Crippen LogP) is 2.01. The zero-order chi connectivity index (χ0) is 13.7. The van der Waals surface area contributed by atoms with Gasteiger partial charge in [-0.25, -0.2) is 0 Å². The van der Waals surface area contributed by atoms with E-state index in [0.29, 0.717) is 24.8 Å². The molecule has 0 bridgehead atoms. The van der Waals surface area contributed by atoms with Crippen molar-refractivity contribution in [1.82, 2.24) is 15.1 Å². The van der Waals surface area contributed by atoms with E-state index in [1.807, 2.05) is 4.68 Å². The molecule has 0 aromatic carbocycles. The Morgan fingerprint density at radius 1 is 1.53 bits per heavy atom. The van der Waals surface area contributed by atoms with Crippen molar-refractivity contribution in [2.24, 2.45) is 0 Å². The molecule has 5 nitrogen and oxygen atoms in total. The van der Waals surface area contributed by atoms with Gasteiger partial charge in [0.05, 0.1) is 42.8 Å². The fourth-order valence-corrected chi connectivity index (χ4v) is 2.59. The number of hydrogen-bond donors (Lipinski definition) is 1. The first-order valence-corrected chi connectivity index (χ1v) is 7.29. The molecule has 2 rings (SSSR count). The highest BCUT2D eigenvalue weighted by Gasteiger charge is 2.30. The largest absolute Gasteiger partial charge is 0.376 e. The third-order valence-corrected chi connectivity index (χ3v) is 3.55. The lowest BCUT2D eigenvalue weighted by Gasteiger charge is -2.31. The topological polar surface area (TPSA) is 48.3 Å². The van der Waals surface area contributed by atoms with Crippen molar-refractivity contribution in [3.05, 3.63) is 16.9 Å². The van der Waals surface area contributed by atoms with Crippen molar-refractivity contribution in [1.29, 1.82) is 0 Å². The molecule has 1 aromatic rings. The third-order valence-electron chi connectivity index (χ3n) is 3.26. The molecule has 19 heavy (non-hydrogen) atoms. The van der Waals surface area contributed by atoms with Crippen molar-refractivity contribution in [2.45, 2.75) is 39.0 Å². The van der Waals surface area contributed by atoms with Gasteiger partial charge in [-0.05, 0) is 19.9 Å². The third kappa shape index (κ3) is 3.48. The van der Waals surface area contributed by atoms with Gasteiger partial charge in [-0.15, -0.1) is 0 Å². The van der Waals surface area contributed by atoms with Crippen LogP contribution < -0.4 is 5.32 Å². The first-order chi connectivity index (χ1) is 9.27. The van der Waals surface area contributed by atoms with Gasteiger partial charge in [0.1, 0.15) is 6.10 Å². The average Bonchev–Trinajstić information content (AvgIpc) is 2.82. The number of aromatic nitrogens is 2. The molecule has 6 heteroatoms. The lowest BCUT2D eigenvalue weighted by Crippen LogP contribution is -2.42. The van der Waals surface area contributed by atoms with Gasteiger partial charge in [-0.1, -0.05) is 18.5 Å². The maximum atomic E-state index is 6.30. The lowest BCUT2D eigenvalue weighted by atomic mass is 10.1. The zero-order valence-corrected chi connectivity index (χ0v) is 12.3. The molecule has 2 atom stereocenters. The van der Waals surface area contributed by atoms with Crippen LogP contribution in [-0.2, 0) is 16.0 Å². The minimum atomic E-state index is -0.0141. The number of nitrogens with one attached hydrogen (secondary N) is 1. The molecule has 0 amide bonds. The number of aryl methyl sites for hydroxylation is 1. The first kappa shape index (κ1) is 14.8. The van der Waals surface area contributed by atoms with Crippen molar-refractivity contribution in [3.8, 4) is 0 Å². The maximum Gasteiger partial charge on any atom is 0.102 e. The number of hydrogen-bond acceptors (Lipinski definition) is 4. The first-order valence-electron chi connectivity index (χ1n) is 6.91. The Morgan fingerprint density at radius 3 is 3.00 bits per heavy atom. The van der Waals surface area contributed by atoms with E-state index in [-0.39, 0.29) is 12.1 Å². The van der Waals surface area contributed by atoms with Gasteiger partial charge < -0.3 is 14.8 Å². The summed E-state index contributed by atoms with van der Waals surface area (Å²) in [4.78, 5) is 0. The summed E-state index contributed by atoms with van der Waals surface area (Å²) in [5.41, 5.74) is 0.994. The van der Waals surface area contributed by atoms with Crippen LogP contribution in [0.25, 0.3) is 0 Å². The highest BCUT2D eigenvalue weighted by molar-refractivity contribution is 6.31. The van der Waals surface area contributed by atoms with Gasteiger partial charge >= 0.3 is 0 Å². The SMILES string of the molecule is CCCNC(c1c(Cl)cnn1CC)C1COCCO1. The lowest BCUT2D eigenvalue weighted by molar-refractivity contribution is -0.103. The van der Waals surface area contributed by atoms with Crippen LogP contribution in [0.3, 0.4) is 0 Å². The average molecular weight is 288 g/mol. The Bertz CT molecular complexity index is 391. The van der Waals surface area contributed by atoms with E-state index in [4.69, 9.17) is 21.1 Å². The molecule has 1 N–H and O–H groups in total. The quantitative estimate of drug-likeness (QED) is 0.869. The van der Waals surface area contributed by atoms with Gasteiger partial charge in [-0.2, -0.15) is 5.10 Å². The highest BCUT2D eigenvalue weighted by Crippen LogP contribution is 2.28. The zero-order valence-electron chi connectivity index (χ0n) is 11.6. The van der Waals surface area contributed by atoms with Crippen molar-refractivity contribution in [2.75, 3.05) is 26.4 Å². The van der Waals surface area contributed by atoms with E-state index in [0.717, 1.165) is 25.2 Å². The van der Waals surface area contributed by atoms with Gasteiger partial charge in [0.2, 0.25) is 0 Å². The normalized spacial score (nSPS) is 21.5. The van der Waals surface area contributed by atoms with E-state index in [2.05, 4.69) is 24.3 Å². The molecule has 108 valence electrons. The van der Waals surface area contributed by atoms with Crippen LogP contribution in [0.5, 0.6) is 0 Å². The molecule has 0 radical (unpaired) electrons. The highest BCUT2D eigenvalue weighted by atomic mass is 35.5. The summed E-state index contributed by atoms with van der Waals surface area (Å²) in [6.45, 7) is 7.79. The van der Waals surface area contributed by atoms with E-state index in [9.17, 15) is 0 Å². The summed E-state index contributed by atoms with van der Waals surface area (Å²) < 4.78 is 13.3. The molecule has 0 spiro atoms. The molecule has 1 aromatic heterocycles. The Balaban J connectivity index is 2.22. The van der Waals surface area contributed by atoms with Crippen LogP contribution in [0, 0.1) is 0 Å². The fraction of sp³-hybridized carbons (Fsp3) is 0.769. The van der Waals surface area contributed by atoms with E-state index < -0.39 is 0 Å². The molecule has 0 saturated carbocycles. The number of nitrogens with zero attached hydrogens (tertiary/aromatic N) is 2. The second-order valence-electron chi connectivity index (χ2n) is 4.61. The Labute approximate surface area is 119 Å². The molecule has 1 aliphatic heterocycles.